The van der Waals surface area contributed by atoms with Crippen molar-refractivity contribution in [1.82, 2.24) is 14.8 Å². The van der Waals surface area contributed by atoms with Crippen LogP contribution in [0.1, 0.15) is 53.0 Å². The van der Waals surface area contributed by atoms with Crippen LogP contribution >= 0.6 is 0 Å². The predicted octanol–water partition coefficient (Wildman–Crippen LogP) is 3.37. The summed E-state index contributed by atoms with van der Waals surface area (Å²) in [5, 5.41) is 7.94. The molecule has 0 radical (unpaired) electrons. The van der Waals surface area contributed by atoms with Crippen LogP contribution in [0.3, 0.4) is 0 Å². The highest BCUT2D eigenvalue weighted by Gasteiger charge is 2.34. The van der Waals surface area contributed by atoms with Gasteiger partial charge in [0.25, 0.3) is 5.91 Å². The second-order valence-electron chi connectivity index (χ2n) is 8.12. The number of nitrogens with zero attached hydrogens (tertiary/aromatic N) is 3. The number of hydrogen-bond acceptors (Lipinski definition) is 5. The maximum Gasteiger partial charge on any atom is 0.256 e. The third-order valence-corrected chi connectivity index (χ3v) is 7.48. The molecule has 0 spiro atoms. The minimum absolute atomic E-state index is 0.0311. The maximum absolute atomic E-state index is 13.5. The highest BCUT2D eigenvalue weighted by atomic mass is 32.2. The molecule has 1 saturated heterocycles. The molecule has 3 heterocycles. The fourth-order valence-electron chi connectivity index (χ4n) is 4.09. The van der Waals surface area contributed by atoms with E-state index in [2.05, 4.69) is 10.4 Å². The summed E-state index contributed by atoms with van der Waals surface area (Å²) >= 11 is 0. The van der Waals surface area contributed by atoms with Crippen LogP contribution in [-0.2, 0) is 9.84 Å². The number of carbonyl (C=O) groups is 1. The van der Waals surface area contributed by atoms with Crippen molar-refractivity contribution in [2.45, 2.75) is 38.1 Å². The van der Waals surface area contributed by atoms with E-state index in [9.17, 15) is 17.6 Å². The third kappa shape index (κ3) is 3.47. The average Bonchev–Trinajstić information content (AvgIpc) is 3.41. The Kier molecular flexibility index (Phi) is 4.39. The van der Waals surface area contributed by atoms with E-state index in [1.807, 2.05) is 0 Å². The van der Waals surface area contributed by atoms with Gasteiger partial charge in [-0.1, -0.05) is 6.07 Å². The van der Waals surface area contributed by atoms with E-state index in [0.717, 1.165) is 18.5 Å². The number of amides is 1. The molecule has 7 nitrogen and oxygen atoms in total. The molecule has 2 aliphatic rings. The molecule has 9 heteroatoms. The van der Waals surface area contributed by atoms with Gasteiger partial charge < -0.3 is 5.32 Å². The van der Waals surface area contributed by atoms with Gasteiger partial charge in [0, 0.05) is 17.3 Å². The van der Waals surface area contributed by atoms with Crippen LogP contribution in [0.25, 0.3) is 11.0 Å². The van der Waals surface area contributed by atoms with Crippen molar-refractivity contribution in [3.63, 3.8) is 0 Å². The quantitative estimate of drug-likeness (QED) is 0.688. The number of benzene rings is 1. The number of aryl methyl sites for hydroxylation is 1. The number of sulfone groups is 1. The van der Waals surface area contributed by atoms with Crippen LogP contribution < -0.4 is 5.32 Å². The van der Waals surface area contributed by atoms with Crippen molar-refractivity contribution in [3.8, 4) is 0 Å². The summed E-state index contributed by atoms with van der Waals surface area (Å²) in [5.41, 5.74) is 2.77. The molecule has 1 saturated carbocycles. The van der Waals surface area contributed by atoms with E-state index in [1.165, 1.54) is 18.2 Å². The molecule has 2 fully saturated rings. The summed E-state index contributed by atoms with van der Waals surface area (Å²) in [6.07, 6.45) is 2.50. The first-order valence-corrected chi connectivity index (χ1v) is 11.8. The Morgan fingerprint density at radius 3 is 2.70 bits per heavy atom. The van der Waals surface area contributed by atoms with E-state index in [4.69, 9.17) is 4.98 Å². The van der Waals surface area contributed by atoms with Crippen LogP contribution in [0.15, 0.2) is 30.3 Å². The minimum Gasteiger partial charge on any atom is -0.322 e. The van der Waals surface area contributed by atoms with E-state index in [-0.39, 0.29) is 23.5 Å². The highest BCUT2D eigenvalue weighted by molar-refractivity contribution is 7.91. The van der Waals surface area contributed by atoms with Gasteiger partial charge >= 0.3 is 0 Å². The van der Waals surface area contributed by atoms with E-state index >= 15 is 0 Å². The molecular weight excluding hydrogens is 407 g/mol. The smallest absolute Gasteiger partial charge is 0.256 e. The standard InChI is InChI=1S/C21H21FN4O3S/c1-12-19-17(21(27)23-15-4-2-3-14(22)9-15)10-18(13-5-6-13)24-20(19)26(25-12)16-7-8-30(28,29)11-16/h2-4,9-10,13,16H,5-8,11H2,1H3,(H,23,27)/t16-/m0/s1. The number of halogens is 1. The number of hydrogen-bond donors (Lipinski definition) is 1. The lowest BCUT2D eigenvalue weighted by molar-refractivity contribution is 0.102. The maximum atomic E-state index is 13.5. The molecule has 0 bridgehead atoms. The lowest BCUT2D eigenvalue weighted by atomic mass is 10.1. The number of carbonyl (C=O) groups excluding carboxylic acids is 1. The van der Waals surface area contributed by atoms with Crippen molar-refractivity contribution in [2.24, 2.45) is 0 Å². The zero-order valence-electron chi connectivity index (χ0n) is 16.4. The van der Waals surface area contributed by atoms with Gasteiger partial charge in [0.05, 0.1) is 34.2 Å². The van der Waals surface area contributed by atoms with Crippen LogP contribution in [-0.4, -0.2) is 40.6 Å². The molecule has 2 aromatic heterocycles. The summed E-state index contributed by atoms with van der Waals surface area (Å²) in [6.45, 7) is 1.79. The summed E-state index contributed by atoms with van der Waals surface area (Å²) < 4.78 is 39.2. The van der Waals surface area contributed by atoms with Gasteiger partial charge in [-0.2, -0.15) is 5.10 Å². The Morgan fingerprint density at radius 1 is 1.23 bits per heavy atom. The van der Waals surface area contributed by atoms with Gasteiger partial charge in [0.15, 0.2) is 15.5 Å². The molecule has 1 aliphatic carbocycles. The molecule has 1 amide bonds. The van der Waals surface area contributed by atoms with Gasteiger partial charge in [-0.05, 0) is 50.5 Å². The average molecular weight is 428 g/mol. The van der Waals surface area contributed by atoms with Gasteiger partial charge in [0.1, 0.15) is 5.82 Å². The van der Waals surface area contributed by atoms with Gasteiger partial charge in [0.2, 0.25) is 0 Å². The fourth-order valence-corrected chi connectivity index (χ4v) is 5.78. The summed E-state index contributed by atoms with van der Waals surface area (Å²) in [6, 6.07) is 7.24. The second kappa shape index (κ2) is 6.87. The van der Waals surface area contributed by atoms with E-state index in [1.54, 1.807) is 23.7 Å². The van der Waals surface area contributed by atoms with Crippen molar-refractivity contribution < 1.29 is 17.6 Å². The number of rotatable bonds is 4. The van der Waals surface area contributed by atoms with Crippen molar-refractivity contribution in [3.05, 3.63) is 53.1 Å². The number of anilines is 1. The van der Waals surface area contributed by atoms with Crippen LogP contribution in [0.5, 0.6) is 0 Å². The highest BCUT2D eigenvalue weighted by Crippen LogP contribution is 2.41. The second-order valence-corrected chi connectivity index (χ2v) is 10.3. The van der Waals surface area contributed by atoms with Crippen molar-refractivity contribution in [1.29, 1.82) is 0 Å². The zero-order chi connectivity index (χ0) is 21.0. The topological polar surface area (TPSA) is 93.9 Å². The van der Waals surface area contributed by atoms with Gasteiger partial charge in [-0.15, -0.1) is 0 Å². The fraction of sp³-hybridized carbons (Fsp3) is 0.381. The number of fused-ring (bicyclic) bond motifs is 1. The van der Waals surface area contributed by atoms with Gasteiger partial charge in [-0.25, -0.2) is 22.5 Å². The predicted molar refractivity (Wildman–Crippen MR) is 111 cm³/mol. The molecule has 156 valence electrons. The number of pyridine rings is 1. The Hall–Kier alpha value is -2.81. The van der Waals surface area contributed by atoms with Crippen LogP contribution in [0, 0.1) is 12.7 Å². The minimum atomic E-state index is -3.09. The molecule has 5 rings (SSSR count). The molecule has 3 aromatic rings. The number of aromatic nitrogens is 3. The molecule has 1 aromatic carbocycles. The van der Waals surface area contributed by atoms with E-state index < -0.39 is 15.7 Å². The molecule has 0 unspecified atom stereocenters. The first-order chi connectivity index (χ1) is 14.3. The number of nitrogens with one attached hydrogen (secondary N) is 1. The van der Waals surface area contributed by atoms with Gasteiger partial charge in [-0.3, -0.25) is 4.79 Å². The Bertz CT molecular complexity index is 1280. The van der Waals surface area contributed by atoms with E-state index in [0.29, 0.717) is 40.3 Å². The zero-order valence-corrected chi connectivity index (χ0v) is 17.2. The first kappa shape index (κ1) is 19.2. The Balaban J connectivity index is 1.61. The molecule has 1 aliphatic heterocycles. The summed E-state index contributed by atoms with van der Waals surface area (Å²) in [5.74, 6) is -0.336. The molecule has 1 N–H and O–H groups in total. The monoisotopic (exact) mass is 428 g/mol. The normalized spacial score (nSPS) is 20.5. The summed E-state index contributed by atoms with van der Waals surface area (Å²) in [4.78, 5) is 17.9. The first-order valence-electron chi connectivity index (χ1n) is 9.98. The Morgan fingerprint density at radius 2 is 2.03 bits per heavy atom. The summed E-state index contributed by atoms with van der Waals surface area (Å²) in [7, 11) is -3.09. The lowest BCUT2D eigenvalue weighted by Gasteiger charge is -2.12. The third-order valence-electron chi connectivity index (χ3n) is 5.73. The molecule has 1 atom stereocenters. The largest absolute Gasteiger partial charge is 0.322 e. The van der Waals surface area contributed by atoms with Crippen molar-refractivity contribution in [2.75, 3.05) is 16.8 Å². The van der Waals surface area contributed by atoms with Crippen LogP contribution in [0.2, 0.25) is 0 Å². The Labute approximate surface area is 173 Å². The molecule has 30 heavy (non-hydrogen) atoms. The van der Waals surface area contributed by atoms with Crippen molar-refractivity contribution >= 4 is 32.5 Å². The lowest BCUT2D eigenvalue weighted by Crippen LogP contribution is -2.15. The SMILES string of the molecule is Cc1nn([C@H]2CCS(=O)(=O)C2)c2nc(C3CC3)cc(C(=O)Nc3cccc(F)c3)c12. The molecular formula is C21H21FN4O3S. The van der Waals surface area contributed by atoms with Crippen LogP contribution in [0.4, 0.5) is 10.1 Å².